The summed E-state index contributed by atoms with van der Waals surface area (Å²) in [5, 5.41) is 0. The molecule has 0 aliphatic carbocycles. The van der Waals surface area contributed by atoms with Crippen LogP contribution < -0.4 is 5.73 Å². The van der Waals surface area contributed by atoms with E-state index in [9.17, 15) is 0 Å². The molecule has 0 aromatic heterocycles. The van der Waals surface area contributed by atoms with E-state index in [0.29, 0.717) is 24.5 Å². The molecular formula is C12H28N2O. The molecule has 3 atom stereocenters. The SMILES string of the molecule is CCCC(C)N(C)C(CN)C(C)COC. The summed E-state index contributed by atoms with van der Waals surface area (Å²) < 4.78 is 5.19. The van der Waals surface area contributed by atoms with E-state index in [1.165, 1.54) is 12.8 Å². The number of likely N-dealkylation sites (N-methyl/N-ethyl adjacent to an activating group) is 1. The Morgan fingerprint density at radius 2 is 1.93 bits per heavy atom. The molecule has 3 heteroatoms. The first-order valence-electron chi connectivity index (χ1n) is 5.99. The predicted molar refractivity (Wildman–Crippen MR) is 66.0 cm³/mol. The molecule has 0 amide bonds. The maximum atomic E-state index is 5.84. The highest BCUT2D eigenvalue weighted by molar-refractivity contribution is 4.79. The molecule has 0 rings (SSSR count). The quantitative estimate of drug-likeness (QED) is 0.671. The first-order valence-corrected chi connectivity index (χ1v) is 5.99. The Morgan fingerprint density at radius 1 is 1.33 bits per heavy atom. The number of ether oxygens (including phenoxy) is 1. The minimum Gasteiger partial charge on any atom is -0.384 e. The summed E-state index contributed by atoms with van der Waals surface area (Å²) in [6, 6.07) is 1.02. The minimum absolute atomic E-state index is 0.423. The van der Waals surface area contributed by atoms with Gasteiger partial charge in [-0.15, -0.1) is 0 Å². The van der Waals surface area contributed by atoms with E-state index >= 15 is 0 Å². The fourth-order valence-electron chi connectivity index (χ4n) is 2.12. The van der Waals surface area contributed by atoms with Gasteiger partial charge in [-0.1, -0.05) is 20.3 Å². The summed E-state index contributed by atoms with van der Waals surface area (Å²) in [6.07, 6.45) is 2.45. The molecule has 0 aromatic carbocycles. The van der Waals surface area contributed by atoms with Gasteiger partial charge in [0.15, 0.2) is 0 Å². The first-order chi connectivity index (χ1) is 7.08. The molecule has 0 bridgehead atoms. The molecule has 0 radical (unpaired) electrons. The van der Waals surface area contributed by atoms with Crippen LogP contribution in [0.1, 0.15) is 33.6 Å². The molecule has 3 unspecified atom stereocenters. The molecule has 0 aromatic rings. The molecule has 0 saturated carbocycles. The second-order valence-electron chi connectivity index (χ2n) is 4.54. The normalized spacial score (nSPS) is 17.8. The molecule has 0 heterocycles. The second kappa shape index (κ2) is 8.08. The number of methoxy groups -OCH3 is 1. The predicted octanol–water partition coefficient (Wildman–Crippen LogP) is 1.72. The fourth-order valence-corrected chi connectivity index (χ4v) is 2.12. The number of rotatable bonds is 8. The molecule has 3 nitrogen and oxygen atoms in total. The largest absolute Gasteiger partial charge is 0.384 e. The molecule has 15 heavy (non-hydrogen) atoms. The maximum absolute atomic E-state index is 5.84. The summed E-state index contributed by atoms with van der Waals surface area (Å²) in [5.74, 6) is 0.490. The van der Waals surface area contributed by atoms with E-state index in [-0.39, 0.29) is 0 Å². The van der Waals surface area contributed by atoms with Gasteiger partial charge in [-0.25, -0.2) is 0 Å². The lowest BCUT2D eigenvalue weighted by Gasteiger charge is -2.36. The van der Waals surface area contributed by atoms with Gasteiger partial charge in [0.2, 0.25) is 0 Å². The lowest BCUT2D eigenvalue weighted by atomic mass is 9.99. The van der Waals surface area contributed by atoms with Gasteiger partial charge in [-0.3, -0.25) is 4.90 Å². The Balaban J connectivity index is 4.24. The Bertz CT molecular complexity index is 153. The van der Waals surface area contributed by atoms with Crippen molar-refractivity contribution in [3.63, 3.8) is 0 Å². The molecule has 0 aliphatic heterocycles. The van der Waals surface area contributed by atoms with Crippen molar-refractivity contribution in [2.24, 2.45) is 11.7 Å². The van der Waals surface area contributed by atoms with Crippen LogP contribution in [0.4, 0.5) is 0 Å². The lowest BCUT2D eigenvalue weighted by molar-refractivity contribution is 0.0779. The van der Waals surface area contributed by atoms with Crippen LogP contribution in [0.3, 0.4) is 0 Å². The number of hydrogen-bond acceptors (Lipinski definition) is 3. The van der Waals surface area contributed by atoms with E-state index in [0.717, 1.165) is 6.61 Å². The van der Waals surface area contributed by atoms with Gasteiger partial charge in [0, 0.05) is 25.7 Å². The molecular weight excluding hydrogens is 188 g/mol. The second-order valence-corrected chi connectivity index (χ2v) is 4.54. The van der Waals surface area contributed by atoms with E-state index in [1.54, 1.807) is 7.11 Å². The number of nitrogens with zero attached hydrogens (tertiary/aromatic N) is 1. The Hall–Kier alpha value is -0.120. The highest BCUT2D eigenvalue weighted by Gasteiger charge is 2.23. The number of nitrogens with two attached hydrogens (primary N) is 1. The van der Waals surface area contributed by atoms with Gasteiger partial charge >= 0.3 is 0 Å². The smallest absolute Gasteiger partial charge is 0.0503 e. The molecule has 0 spiro atoms. The third-order valence-corrected chi connectivity index (χ3v) is 3.25. The van der Waals surface area contributed by atoms with E-state index in [4.69, 9.17) is 10.5 Å². The van der Waals surface area contributed by atoms with Crippen LogP contribution in [0.15, 0.2) is 0 Å². The Labute approximate surface area is 95.0 Å². The zero-order chi connectivity index (χ0) is 11.8. The standard InChI is InChI=1S/C12H28N2O/c1-6-7-11(3)14(4)12(8-13)10(2)9-15-5/h10-12H,6-9,13H2,1-5H3. The van der Waals surface area contributed by atoms with Crippen molar-refractivity contribution < 1.29 is 4.74 Å². The van der Waals surface area contributed by atoms with E-state index < -0.39 is 0 Å². The van der Waals surface area contributed by atoms with Crippen molar-refractivity contribution >= 4 is 0 Å². The summed E-state index contributed by atoms with van der Waals surface area (Å²) in [5.41, 5.74) is 5.84. The van der Waals surface area contributed by atoms with Gasteiger partial charge in [0.25, 0.3) is 0 Å². The molecule has 92 valence electrons. The van der Waals surface area contributed by atoms with Gasteiger partial charge < -0.3 is 10.5 Å². The van der Waals surface area contributed by atoms with Crippen LogP contribution in [-0.2, 0) is 4.74 Å². The van der Waals surface area contributed by atoms with Crippen molar-refractivity contribution in [2.45, 2.75) is 45.7 Å². The topological polar surface area (TPSA) is 38.5 Å². The summed E-state index contributed by atoms with van der Waals surface area (Å²) in [7, 11) is 3.92. The number of hydrogen-bond donors (Lipinski definition) is 1. The summed E-state index contributed by atoms with van der Waals surface area (Å²) in [6.45, 7) is 8.18. The highest BCUT2D eigenvalue weighted by atomic mass is 16.5. The zero-order valence-electron chi connectivity index (χ0n) is 11.0. The van der Waals surface area contributed by atoms with Crippen molar-refractivity contribution in [2.75, 3.05) is 27.3 Å². The van der Waals surface area contributed by atoms with Crippen molar-refractivity contribution in [3.05, 3.63) is 0 Å². The monoisotopic (exact) mass is 216 g/mol. The van der Waals surface area contributed by atoms with Crippen LogP contribution in [0.5, 0.6) is 0 Å². The van der Waals surface area contributed by atoms with Gasteiger partial charge in [0.05, 0.1) is 6.61 Å². The van der Waals surface area contributed by atoms with Gasteiger partial charge in [-0.05, 0) is 26.3 Å². The van der Waals surface area contributed by atoms with Crippen LogP contribution >= 0.6 is 0 Å². The van der Waals surface area contributed by atoms with Gasteiger partial charge in [-0.2, -0.15) is 0 Å². The van der Waals surface area contributed by atoms with E-state index in [2.05, 4.69) is 32.7 Å². The third-order valence-electron chi connectivity index (χ3n) is 3.25. The average Bonchev–Trinajstić information content (AvgIpc) is 2.19. The van der Waals surface area contributed by atoms with Crippen LogP contribution in [0.2, 0.25) is 0 Å². The van der Waals surface area contributed by atoms with Gasteiger partial charge in [0.1, 0.15) is 0 Å². The summed E-state index contributed by atoms with van der Waals surface area (Å²) >= 11 is 0. The average molecular weight is 216 g/mol. The van der Waals surface area contributed by atoms with Crippen molar-refractivity contribution in [3.8, 4) is 0 Å². The minimum atomic E-state index is 0.423. The zero-order valence-corrected chi connectivity index (χ0v) is 11.0. The van der Waals surface area contributed by atoms with Crippen LogP contribution in [0, 0.1) is 5.92 Å². The molecule has 0 saturated heterocycles. The maximum Gasteiger partial charge on any atom is 0.0503 e. The fraction of sp³-hybridized carbons (Fsp3) is 1.00. The third kappa shape index (κ3) is 4.96. The summed E-state index contributed by atoms with van der Waals surface area (Å²) in [4.78, 5) is 2.40. The van der Waals surface area contributed by atoms with Crippen LogP contribution in [0.25, 0.3) is 0 Å². The van der Waals surface area contributed by atoms with Crippen LogP contribution in [-0.4, -0.2) is 44.3 Å². The molecule has 0 aliphatic rings. The molecule has 2 N–H and O–H groups in total. The van der Waals surface area contributed by atoms with Crippen molar-refractivity contribution in [1.82, 2.24) is 4.90 Å². The van der Waals surface area contributed by atoms with Crippen molar-refractivity contribution in [1.29, 1.82) is 0 Å². The lowest BCUT2D eigenvalue weighted by Crippen LogP contribution is -2.47. The first kappa shape index (κ1) is 14.9. The Kier molecular flexibility index (Phi) is 8.02. The highest BCUT2D eigenvalue weighted by Crippen LogP contribution is 2.14. The van der Waals surface area contributed by atoms with E-state index in [1.807, 2.05) is 0 Å². The molecule has 0 fully saturated rings. The Morgan fingerprint density at radius 3 is 2.33 bits per heavy atom.